The minimum atomic E-state index is 0.996. The van der Waals surface area contributed by atoms with Gasteiger partial charge in [-0.05, 0) is 17.7 Å². The summed E-state index contributed by atoms with van der Waals surface area (Å²) in [7, 11) is 0. The van der Waals surface area contributed by atoms with Crippen LogP contribution in [0.1, 0.15) is 5.56 Å². The van der Waals surface area contributed by atoms with Gasteiger partial charge in [-0.15, -0.1) is 0 Å². The summed E-state index contributed by atoms with van der Waals surface area (Å²) in [4.78, 5) is 4.22. The average Bonchev–Trinajstić information content (AvgIpc) is 2.17. The van der Waals surface area contributed by atoms with Gasteiger partial charge in [0.1, 0.15) is 0 Å². The van der Waals surface area contributed by atoms with Crippen molar-refractivity contribution in [3.05, 3.63) is 42.1 Å². The second kappa shape index (κ2) is 2.99. The van der Waals surface area contributed by atoms with Crippen LogP contribution in [0.25, 0.3) is 10.9 Å². The molecule has 0 amide bonds. The topological polar surface area (TPSA) is 12.9 Å². The van der Waals surface area contributed by atoms with Crippen LogP contribution in [-0.2, 0) is 0 Å². The normalized spacial score (nSPS) is 10.0. The number of aromatic nitrogens is 1. The molecule has 2 rings (SSSR count). The lowest BCUT2D eigenvalue weighted by Crippen LogP contribution is -1.83. The second-order valence-corrected chi connectivity index (χ2v) is 2.77. The molecule has 0 aliphatic heterocycles. The SMILES string of the molecule is S=Cc1cccc2ncccc12. The molecule has 0 saturated carbocycles. The smallest absolute Gasteiger partial charge is 0.0708 e. The van der Waals surface area contributed by atoms with E-state index in [0.717, 1.165) is 16.5 Å². The van der Waals surface area contributed by atoms with E-state index in [0.29, 0.717) is 0 Å². The molecule has 1 aromatic heterocycles. The predicted molar refractivity (Wildman–Crippen MR) is 54.5 cm³/mol. The van der Waals surface area contributed by atoms with Crippen molar-refractivity contribution < 1.29 is 0 Å². The molecule has 0 spiro atoms. The molecular formula is C10H7NS. The molecule has 2 heteroatoms. The molecule has 0 aliphatic rings. The summed E-state index contributed by atoms with van der Waals surface area (Å²) in [5.41, 5.74) is 2.06. The molecule has 58 valence electrons. The van der Waals surface area contributed by atoms with E-state index in [1.807, 2.05) is 30.3 Å². The van der Waals surface area contributed by atoms with Gasteiger partial charge in [-0.25, -0.2) is 0 Å². The molecule has 12 heavy (non-hydrogen) atoms. The maximum Gasteiger partial charge on any atom is 0.0708 e. The van der Waals surface area contributed by atoms with Crippen molar-refractivity contribution in [3.8, 4) is 0 Å². The molecule has 0 saturated heterocycles. The maximum absolute atomic E-state index is 4.89. The maximum atomic E-state index is 4.89. The van der Waals surface area contributed by atoms with Crippen molar-refractivity contribution in [2.24, 2.45) is 0 Å². The van der Waals surface area contributed by atoms with Gasteiger partial charge in [0.2, 0.25) is 0 Å². The van der Waals surface area contributed by atoms with Crippen LogP contribution in [-0.4, -0.2) is 10.4 Å². The Morgan fingerprint density at radius 1 is 1.17 bits per heavy atom. The Morgan fingerprint density at radius 3 is 2.92 bits per heavy atom. The highest BCUT2D eigenvalue weighted by Gasteiger charge is 1.95. The Hall–Kier alpha value is -1.28. The predicted octanol–water partition coefficient (Wildman–Crippen LogP) is 2.58. The number of pyridine rings is 1. The van der Waals surface area contributed by atoms with Crippen LogP contribution in [0.2, 0.25) is 0 Å². The number of thiocarbonyl (C=S) groups is 1. The Balaban J connectivity index is 2.88. The van der Waals surface area contributed by atoms with Gasteiger partial charge in [0, 0.05) is 17.0 Å². The standard InChI is InChI=1S/C10H7NS/c12-7-8-3-1-5-10-9(8)4-2-6-11-10/h1-7H. The zero-order valence-corrected chi connectivity index (χ0v) is 7.21. The monoisotopic (exact) mass is 173 g/mol. The lowest BCUT2D eigenvalue weighted by atomic mass is 10.1. The van der Waals surface area contributed by atoms with Crippen LogP contribution in [0, 0.1) is 0 Å². The van der Waals surface area contributed by atoms with Crippen molar-refractivity contribution in [3.63, 3.8) is 0 Å². The molecular weight excluding hydrogens is 166 g/mol. The molecule has 0 atom stereocenters. The minimum absolute atomic E-state index is 0.996. The molecule has 0 unspecified atom stereocenters. The van der Waals surface area contributed by atoms with Crippen LogP contribution in [0.15, 0.2) is 36.5 Å². The van der Waals surface area contributed by atoms with Gasteiger partial charge < -0.3 is 0 Å². The third-order valence-electron chi connectivity index (χ3n) is 1.81. The Kier molecular flexibility index (Phi) is 1.84. The number of rotatable bonds is 1. The van der Waals surface area contributed by atoms with E-state index in [9.17, 15) is 0 Å². The minimum Gasteiger partial charge on any atom is -0.256 e. The first-order valence-corrected chi connectivity index (χ1v) is 4.18. The zero-order valence-electron chi connectivity index (χ0n) is 6.40. The highest BCUT2D eigenvalue weighted by molar-refractivity contribution is 7.79. The van der Waals surface area contributed by atoms with Gasteiger partial charge in [0.05, 0.1) is 5.52 Å². The van der Waals surface area contributed by atoms with E-state index >= 15 is 0 Å². The van der Waals surface area contributed by atoms with Crippen LogP contribution in [0.4, 0.5) is 0 Å². The van der Waals surface area contributed by atoms with E-state index in [-0.39, 0.29) is 0 Å². The summed E-state index contributed by atoms with van der Waals surface area (Å²) >= 11 is 4.89. The van der Waals surface area contributed by atoms with Gasteiger partial charge in [0.25, 0.3) is 0 Å². The Morgan fingerprint density at radius 2 is 2.08 bits per heavy atom. The lowest BCUT2D eigenvalue weighted by molar-refractivity contribution is 1.41. The van der Waals surface area contributed by atoms with Gasteiger partial charge in [0.15, 0.2) is 0 Å². The largest absolute Gasteiger partial charge is 0.256 e. The summed E-state index contributed by atoms with van der Waals surface area (Å²) in [5, 5.41) is 2.80. The fourth-order valence-electron chi connectivity index (χ4n) is 1.23. The molecule has 0 N–H and O–H groups in total. The quantitative estimate of drug-likeness (QED) is 0.615. The highest BCUT2D eigenvalue weighted by atomic mass is 32.1. The molecule has 0 bridgehead atoms. The first-order chi connectivity index (χ1) is 5.92. The van der Waals surface area contributed by atoms with Gasteiger partial charge in [-0.1, -0.05) is 30.4 Å². The van der Waals surface area contributed by atoms with E-state index in [1.54, 1.807) is 11.6 Å². The van der Waals surface area contributed by atoms with Crippen LogP contribution in [0.5, 0.6) is 0 Å². The summed E-state index contributed by atoms with van der Waals surface area (Å²) in [5.74, 6) is 0. The molecule has 1 nitrogen and oxygen atoms in total. The molecule has 0 radical (unpaired) electrons. The third kappa shape index (κ3) is 1.10. The van der Waals surface area contributed by atoms with Crippen molar-refractivity contribution in [2.45, 2.75) is 0 Å². The summed E-state index contributed by atoms with van der Waals surface area (Å²) in [6.45, 7) is 0. The van der Waals surface area contributed by atoms with E-state index in [1.165, 1.54) is 0 Å². The van der Waals surface area contributed by atoms with Gasteiger partial charge >= 0.3 is 0 Å². The second-order valence-electron chi connectivity index (χ2n) is 2.54. The fraction of sp³-hybridized carbons (Fsp3) is 0. The van der Waals surface area contributed by atoms with Crippen LogP contribution in [0.3, 0.4) is 0 Å². The fourth-order valence-corrected chi connectivity index (χ4v) is 1.44. The van der Waals surface area contributed by atoms with Gasteiger partial charge in [-0.3, -0.25) is 4.98 Å². The molecule has 1 heterocycles. The lowest BCUT2D eigenvalue weighted by Gasteiger charge is -1.98. The van der Waals surface area contributed by atoms with Crippen LogP contribution < -0.4 is 0 Å². The van der Waals surface area contributed by atoms with E-state index < -0.39 is 0 Å². The van der Waals surface area contributed by atoms with E-state index in [4.69, 9.17) is 12.2 Å². The molecule has 0 fully saturated rings. The van der Waals surface area contributed by atoms with Gasteiger partial charge in [-0.2, -0.15) is 0 Å². The average molecular weight is 173 g/mol. The Labute approximate surface area is 76.1 Å². The summed E-state index contributed by atoms with van der Waals surface area (Å²) in [6, 6.07) is 9.90. The van der Waals surface area contributed by atoms with Crippen LogP contribution >= 0.6 is 12.2 Å². The number of nitrogens with zero attached hydrogens (tertiary/aromatic N) is 1. The highest BCUT2D eigenvalue weighted by Crippen LogP contribution is 2.14. The van der Waals surface area contributed by atoms with Crippen molar-refractivity contribution in [1.29, 1.82) is 0 Å². The number of hydrogen-bond donors (Lipinski definition) is 0. The first-order valence-electron chi connectivity index (χ1n) is 3.71. The van der Waals surface area contributed by atoms with Crippen molar-refractivity contribution in [1.82, 2.24) is 4.98 Å². The van der Waals surface area contributed by atoms with E-state index in [2.05, 4.69) is 4.98 Å². The third-order valence-corrected chi connectivity index (χ3v) is 2.06. The molecule has 2 aromatic rings. The number of hydrogen-bond acceptors (Lipinski definition) is 2. The Bertz CT molecular complexity index is 418. The number of benzene rings is 1. The van der Waals surface area contributed by atoms with Crippen molar-refractivity contribution >= 4 is 28.5 Å². The van der Waals surface area contributed by atoms with Crippen molar-refractivity contribution in [2.75, 3.05) is 0 Å². The first kappa shape index (κ1) is 7.37. The zero-order chi connectivity index (χ0) is 8.39. The molecule has 1 aromatic carbocycles. The number of fused-ring (bicyclic) bond motifs is 1. The summed E-state index contributed by atoms with van der Waals surface area (Å²) < 4.78 is 0. The summed E-state index contributed by atoms with van der Waals surface area (Å²) in [6.07, 6.45) is 1.79. The molecule has 0 aliphatic carbocycles.